The third-order valence-electron chi connectivity index (χ3n) is 3.32. The summed E-state index contributed by atoms with van der Waals surface area (Å²) in [5.41, 5.74) is 1.02. The van der Waals surface area contributed by atoms with Crippen molar-refractivity contribution in [3.05, 3.63) is 72.3 Å². The lowest BCUT2D eigenvalue weighted by Gasteiger charge is -2.09. The average Bonchev–Trinajstić information content (AvgIpc) is 2.61. The molecule has 0 radical (unpaired) electrons. The Labute approximate surface area is 145 Å². The Kier molecular flexibility index (Phi) is 6.37. The SMILES string of the molecule is C=CCNS(=O)(=O)c1cc(C(=O)NCCc2cccnc2)ccc1F. The first kappa shape index (κ1) is 18.8. The number of halogens is 1. The first-order valence-corrected chi connectivity index (χ1v) is 8.99. The van der Waals surface area contributed by atoms with Gasteiger partial charge in [0.2, 0.25) is 10.0 Å². The van der Waals surface area contributed by atoms with Gasteiger partial charge in [0.1, 0.15) is 10.7 Å². The van der Waals surface area contributed by atoms with E-state index in [1.165, 1.54) is 12.1 Å². The highest BCUT2D eigenvalue weighted by molar-refractivity contribution is 7.89. The molecule has 1 aromatic carbocycles. The molecule has 8 heteroatoms. The number of hydrogen-bond donors (Lipinski definition) is 2. The van der Waals surface area contributed by atoms with Crippen molar-refractivity contribution in [2.24, 2.45) is 0 Å². The lowest BCUT2D eigenvalue weighted by molar-refractivity contribution is 0.0954. The van der Waals surface area contributed by atoms with Crippen molar-refractivity contribution in [3.63, 3.8) is 0 Å². The van der Waals surface area contributed by atoms with E-state index in [-0.39, 0.29) is 12.1 Å². The minimum absolute atomic E-state index is 0.0384. The molecule has 132 valence electrons. The standard InChI is InChI=1S/C17H18FN3O3S/c1-2-8-21-25(23,24)16-11-14(5-6-15(16)18)17(22)20-10-7-13-4-3-9-19-12-13/h2-6,9,11-12,21H,1,7-8,10H2,(H,20,22). The van der Waals surface area contributed by atoms with Crippen molar-refractivity contribution in [3.8, 4) is 0 Å². The van der Waals surface area contributed by atoms with Crippen LogP contribution in [0.5, 0.6) is 0 Å². The summed E-state index contributed by atoms with van der Waals surface area (Å²) in [5, 5.41) is 2.67. The van der Waals surface area contributed by atoms with E-state index in [4.69, 9.17) is 0 Å². The molecule has 0 aliphatic carbocycles. The van der Waals surface area contributed by atoms with Crippen LogP contribution in [0.25, 0.3) is 0 Å². The molecule has 2 aromatic rings. The van der Waals surface area contributed by atoms with E-state index in [1.54, 1.807) is 18.5 Å². The van der Waals surface area contributed by atoms with Gasteiger partial charge in [-0.1, -0.05) is 12.1 Å². The van der Waals surface area contributed by atoms with Gasteiger partial charge >= 0.3 is 0 Å². The summed E-state index contributed by atoms with van der Waals surface area (Å²) in [6.45, 7) is 3.70. The van der Waals surface area contributed by atoms with Gasteiger partial charge in [-0.15, -0.1) is 6.58 Å². The van der Waals surface area contributed by atoms with Crippen molar-refractivity contribution in [1.82, 2.24) is 15.0 Å². The number of aromatic nitrogens is 1. The van der Waals surface area contributed by atoms with E-state index in [0.717, 1.165) is 17.7 Å². The topological polar surface area (TPSA) is 88.2 Å². The molecule has 0 atom stereocenters. The summed E-state index contributed by atoms with van der Waals surface area (Å²) in [5.74, 6) is -1.41. The molecule has 6 nitrogen and oxygen atoms in total. The second kappa shape index (κ2) is 8.50. The first-order chi connectivity index (χ1) is 11.9. The highest BCUT2D eigenvalue weighted by Gasteiger charge is 2.20. The summed E-state index contributed by atoms with van der Waals surface area (Å²) in [7, 11) is -4.06. The third-order valence-corrected chi connectivity index (χ3v) is 4.76. The van der Waals surface area contributed by atoms with Crippen LogP contribution in [0, 0.1) is 5.82 Å². The molecule has 1 heterocycles. The van der Waals surface area contributed by atoms with E-state index in [9.17, 15) is 17.6 Å². The van der Waals surface area contributed by atoms with E-state index in [1.807, 2.05) is 6.07 Å². The number of carbonyl (C=O) groups is 1. The van der Waals surface area contributed by atoms with Crippen LogP contribution < -0.4 is 10.0 Å². The molecular weight excluding hydrogens is 345 g/mol. The molecule has 2 N–H and O–H groups in total. The molecule has 0 unspecified atom stereocenters. The Hall–Kier alpha value is -2.58. The molecule has 0 spiro atoms. The first-order valence-electron chi connectivity index (χ1n) is 7.51. The average molecular weight is 363 g/mol. The fourth-order valence-electron chi connectivity index (χ4n) is 2.07. The van der Waals surface area contributed by atoms with E-state index in [2.05, 4.69) is 21.6 Å². The van der Waals surface area contributed by atoms with Crippen molar-refractivity contribution >= 4 is 15.9 Å². The van der Waals surface area contributed by atoms with Crippen LogP contribution in [0.1, 0.15) is 15.9 Å². The van der Waals surface area contributed by atoms with Gasteiger partial charge in [0, 0.05) is 31.0 Å². The molecular formula is C17H18FN3O3S. The molecule has 2 rings (SSSR count). The summed E-state index contributed by atoms with van der Waals surface area (Å²) in [4.78, 5) is 15.6. The van der Waals surface area contributed by atoms with Gasteiger partial charge in [-0.2, -0.15) is 0 Å². The van der Waals surface area contributed by atoms with Crippen molar-refractivity contribution in [1.29, 1.82) is 0 Å². The van der Waals surface area contributed by atoms with Crippen LogP contribution in [0.2, 0.25) is 0 Å². The van der Waals surface area contributed by atoms with Crippen molar-refractivity contribution < 1.29 is 17.6 Å². The zero-order valence-corrected chi connectivity index (χ0v) is 14.2. The molecule has 25 heavy (non-hydrogen) atoms. The van der Waals surface area contributed by atoms with Gasteiger partial charge < -0.3 is 5.32 Å². The second-order valence-corrected chi connectivity index (χ2v) is 6.89. The van der Waals surface area contributed by atoms with Crippen LogP contribution in [0.4, 0.5) is 4.39 Å². The van der Waals surface area contributed by atoms with Crippen LogP contribution >= 0.6 is 0 Å². The fraction of sp³-hybridized carbons (Fsp3) is 0.176. The monoisotopic (exact) mass is 363 g/mol. The molecule has 0 aliphatic heterocycles. The van der Waals surface area contributed by atoms with Crippen molar-refractivity contribution in [2.75, 3.05) is 13.1 Å². The van der Waals surface area contributed by atoms with Gasteiger partial charge in [0.05, 0.1) is 0 Å². The highest BCUT2D eigenvalue weighted by Crippen LogP contribution is 2.16. The number of nitrogens with one attached hydrogen (secondary N) is 2. The molecule has 0 fully saturated rings. The molecule has 1 aromatic heterocycles. The van der Waals surface area contributed by atoms with Crippen LogP contribution in [-0.2, 0) is 16.4 Å². The Bertz CT molecular complexity index is 855. The summed E-state index contributed by atoms with van der Waals surface area (Å²) in [6.07, 6.45) is 5.26. The lowest BCUT2D eigenvalue weighted by Crippen LogP contribution is -2.27. The predicted molar refractivity (Wildman–Crippen MR) is 92.1 cm³/mol. The number of benzene rings is 1. The zero-order valence-electron chi connectivity index (χ0n) is 13.4. The van der Waals surface area contributed by atoms with Gasteiger partial charge in [-0.3, -0.25) is 9.78 Å². The lowest BCUT2D eigenvalue weighted by atomic mass is 10.2. The quantitative estimate of drug-likeness (QED) is 0.698. The molecule has 0 bridgehead atoms. The number of nitrogens with zero attached hydrogens (tertiary/aromatic N) is 1. The summed E-state index contributed by atoms with van der Waals surface area (Å²) in [6, 6.07) is 6.89. The Morgan fingerprint density at radius 1 is 1.32 bits per heavy atom. The number of sulfonamides is 1. The fourth-order valence-corrected chi connectivity index (χ4v) is 3.17. The Morgan fingerprint density at radius 3 is 2.80 bits per heavy atom. The van der Waals surface area contributed by atoms with Crippen LogP contribution in [-0.4, -0.2) is 32.4 Å². The van der Waals surface area contributed by atoms with Gasteiger partial charge in [-0.05, 0) is 36.2 Å². The summed E-state index contributed by atoms with van der Waals surface area (Å²) < 4.78 is 40.1. The molecule has 0 saturated carbocycles. The normalized spacial score (nSPS) is 11.1. The van der Waals surface area contributed by atoms with Gasteiger partial charge in [0.15, 0.2) is 0 Å². The van der Waals surface area contributed by atoms with E-state index < -0.39 is 26.6 Å². The maximum atomic E-state index is 13.8. The molecule has 1 amide bonds. The third kappa shape index (κ3) is 5.20. The minimum Gasteiger partial charge on any atom is -0.352 e. The number of carbonyl (C=O) groups excluding carboxylic acids is 1. The minimum atomic E-state index is -4.06. The van der Waals surface area contributed by atoms with E-state index >= 15 is 0 Å². The summed E-state index contributed by atoms with van der Waals surface area (Å²) >= 11 is 0. The largest absolute Gasteiger partial charge is 0.352 e. The Balaban J connectivity index is 2.07. The maximum absolute atomic E-state index is 13.8. The highest BCUT2D eigenvalue weighted by atomic mass is 32.2. The van der Waals surface area contributed by atoms with E-state index in [0.29, 0.717) is 13.0 Å². The number of pyridine rings is 1. The predicted octanol–water partition coefficient (Wildman–Crippen LogP) is 1.66. The van der Waals surface area contributed by atoms with Crippen LogP contribution in [0.3, 0.4) is 0 Å². The van der Waals surface area contributed by atoms with Gasteiger partial charge in [0.25, 0.3) is 5.91 Å². The molecule has 0 aliphatic rings. The zero-order chi connectivity index (χ0) is 18.3. The number of amides is 1. The van der Waals surface area contributed by atoms with Gasteiger partial charge in [-0.25, -0.2) is 17.5 Å². The van der Waals surface area contributed by atoms with Crippen LogP contribution in [0.15, 0.2) is 60.3 Å². The second-order valence-electron chi connectivity index (χ2n) is 5.15. The van der Waals surface area contributed by atoms with Crippen molar-refractivity contribution in [2.45, 2.75) is 11.3 Å². The number of hydrogen-bond acceptors (Lipinski definition) is 4. The Morgan fingerprint density at radius 2 is 2.12 bits per heavy atom. The number of rotatable bonds is 8. The molecule has 0 saturated heterocycles. The maximum Gasteiger partial charge on any atom is 0.251 e. The smallest absolute Gasteiger partial charge is 0.251 e.